The predicted octanol–water partition coefficient (Wildman–Crippen LogP) is 1.96. The van der Waals surface area contributed by atoms with E-state index in [0.29, 0.717) is 0 Å². The van der Waals surface area contributed by atoms with E-state index in [1.165, 1.54) is 0 Å². The number of nitrogens with one attached hydrogen (secondary N) is 1. The summed E-state index contributed by atoms with van der Waals surface area (Å²) in [6.45, 7) is 5.73. The molecule has 4 heteroatoms. The molecule has 0 aliphatic rings. The van der Waals surface area contributed by atoms with Crippen LogP contribution in [0.2, 0.25) is 0 Å². The molecule has 1 heterocycles. The van der Waals surface area contributed by atoms with Crippen LogP contribution in [-0.4, -0.2) is 47.8 Å². The molecule has 19 heavy (non-hydrogen) atoms. The zero-order valence-electron chi connectivity index (χ0n) is 11.3. The number of aliphatic hydroxyl groups is 1. The Bertz CT molecular complexity index is 515. The Morgan fingerprint density at radius 1 is 1.16 bits per heavy atom. The van der Waals surface area contributed by atoms with Crippen molar-refractivity contribution < 1.29 is 5.11 Å². The van der Waals surface area contributed by atoms with Crippen molar-refractivity contribution in [3.8, 4) is 0 Å². The van der Waals surface area contributed by atoms with Gasteiger partial charge in [0.25, 0.3) is 0 Å². The lowest BCUT2D eigenvalue weighted by Gasteiger charge is -2.19. The fourth-order valence-electron chi connectivity index (χ4n) is 2.08. The van der Waals surface area contributed by atoms with Gasteiger partial charge in [0.05, 0.1) is 12.1 Å². The third-order valence-corrected chi connectivity index (χ3v) is 3.20. The number of pyridine rings is 1. The summed E-state index contributed by atoms with van der Waals surface area (Å²) in [5.41, 5.74) is 1.01. The van der Waals surface area contributed by atoms with E-state index in [0.717, 1.165) is 42.9 Å². The number of anilines is 1. The van der Waals surface area contributed by atoms with E-state index >= 15 is 0 Å². The third kappa shape index (κ3) is 3.91. The molecule has 2 N–H and O–H groups in total. The van der Waals surface area contributed by atoms with E-state index < -0.39 is 0 Å². The molecule has 4 nitrogen and oxygen atoms in total. The molecular weight excluding hydrogens is 238 g/mol. The normalized spacial score (nSPS) is 11.1. The van der Waals surface area contributed by atoms with Gasteiger partial charge in [0.15, 0.2) is 0 Å². The Kier molecular flexibility index (Phi) is 5.12. The van der Waals surface area contributed by atoms with Crippen molar-refractivity contribution in [3.63, 3.8) is 0 Å². The molecule has 0 aliphatic carbocycles. The van der Waals surface area contributed by atoms with E-state index in [-0.39, 0.29) is 6.61 Å². The van der Waals surface area contributed by atoms with Gasteiger partial charge in [0.2, 0.25) is 0 Å². The molecule has 0 radical (unpaired) electrons. The van der Waals surface area contributed by atoms with Gasteiger partial charge in [-0.05, 0) is 24.7 Å². The highest BCUT2D eigenvalue weighted by atomic mass is 16.3. The summed E-state index contributed by atoms with van der Waals surface area (Å²) in [7, 11) is 0. The van der Waals surface area contributed by atoms with Gasteiger partial charge in [-0.25, -0.2) is 4.98 Å². The van der Waals surface area contributed by atoms with E-state index in [9.17, 15) is 0 Å². The molecule has 1 aromatic heterocycles. The van der Waals surface area contributed by atoms with Gasteiger partial charge < -0.3 is 10.4 Å². The Morgan fingerprint density at radius 2 is 2.00 bits per heavy atom. The lowest BCUT2D eigenvalue weighted by Crippen LogP contribution is -2.31. The van der Waals surface area contributed by atoms with Crippen molar-refractivity contribution in [2.45, 2.75) is 6.92 Å². The summed E-state index contributed by atoms with van der Waals surface area (Å²) in [4.78, 5) is 6.77. The van der Waals surface area contributed by atoms with E-state index in [1.54, 1.807) is 0 Å². The minimum Gasteiger partial charge on any atom is -0.395 e. The smallest absolute Gasteiger partial charge is 0.126 e. The van der Waals surface area contributed by atoms with Gasteiger partial charge in [-0.2, -0.15) is 0 Å². The van der Waals surface area contributed by atoms with E-state index in [4.69, 9.17) is 5.11 Å². The number of aromatic nitrogens is 1. The molecule has 0 atom stereocenters. The molecule has 0 aliphatic heterocycles. The molecule has 1 aromatic carbocycles. The van der Waals surface area contributed by atoms with Crippen LogP contribution in [-0.2, 0) is 0 Å². The summed E-state index contributed by atoms with van der Waals surface area (Å²) in [5, 5.41) is 13.4. The lowest BCUT2D eigenvalue weighted by molar-refractivity contribution is 0.206. The second-order valence-electron chi connectivity index (χ2n) is 4.47. The van der Waals surface area contributed by atoms with Gasteiger partial charge in [0, 0.05) is 25.0 Å². The first-order chi connectivity index (χ1) is 9.33. The molecule has 102 valence electrons. The molecule has 0 amide bonds. The van der Waals surface area contributed by atoms with Crippen molar-refractivity contribution >= 4 is 16.7 Å². The van der Waals surface area contributed by atoms with E-state index in [2.05, 4.69) is 34.3 Å². The van der Waals surface area contributed by atoms with Crippen LogP contribution in [0.3, 0.4) is 0 Å². The molecule has 0 bridgehead atoms. The predicted molar refractivity (Wildman–Crippen MR) is 79.4 cm³/mol. The number of para-hydroxylation sites is 1. The van der Waals surface area contributed by atoms with Crippen molar-refractivity contribution in [1.82, 2.24) is 9.88 Å². The molecule has 0 unspecified atom stereocenters. The Labute approximate surface area is 114 Å². The summed E-state index contributed by atoms with van der Waals surface area (Å²) in [5.74, 6) is 0.902. The standard InChI is InChI=1S/C15H21N3O/c1-2-18(11-12-19)10-9-16-15-8-7-13-5-3-4-6-14(13)17-15/h3-8,19H,2,9-12H2,1H3,(H,16,17). The summed E-state index contributed by atoms with van der Waals surface area (Å²) >= 11 is 0. The Morgan fingerprint density at radius 3 is 2.79 bits per heavy atom. The average Bonchev–Trinajstić information content (AvgIpc) is 2.46. The van der Waals surface area contributed by atoms with Crippen molar-refractivity contribution in [1.29, 1.82) is 0 Å². The monoisotopic (exact) mass is 259 g/mol. The van der Waals surface area contributed by atoms with Crippen LogP contribution in [0.4, 0.5) is 5.82 Å². The number of fused-ring (bicyclic) bond motifs is 1. The van der Waals surface area contributed by atoms with Crippen LogP contribution in [0, 0.1) is 0 Å². The van der Waals surface area contributed by atoms with Crippen LogP contribution in [0.25, 0.3) is 10.9 Å². The number of likely N-dealkylation sites (N-methyl/N-ethyl adjacent to an activating group) is 1. The maximum atomic E-state index is 8.93. The SMILES string of the molecule is CCN(CCO)CCNc1ccc2ccccc2n1. The molecule has 2 rings (SSSR count). The fraction of sp³-hybridized carbons (Fsp3) is 0.400. The highest BCUT2D eigenvalue weighted by Gasteiger charge is 2.01. The van der Waals surface area contributed by atoms with Crippen LogP contribution in [0.5, 0.6) is 0 Å². The van der Waals surface area contributed by atoms with Crippen molar-refractivity contribution in [2.75, 3.05) is 38.1 Å². The maximum absolute atomic E-state index is 8.93. The molecule has 0 fully saturated rings. The Balaban J connectivity index is 1.90. The van der Waals surface area contributed by atoms with Gasteiger partial charge in [-0.15, -0.1) is 0 Å². The maximum Gasteiger partial charge on any atom is 0.126 e. The largest absolute Gasteiger partial charge is 0.395 e. The van der Waals surface area contributed by atoms with Crippen molar-refractivity contribution in [2.24, 2.45) is 0 Å². The number of hydrogen-bond donors (Lipinski definition) is 2. The number of benzene rings is 1. The minimum atomic E-state index is 0.210. The van der Waals surface area contributed by atoms with Gasteiger partial charge >= 0.3 is 0 Å². The first-order valence-electron chi connectivity index (χ1n) is 6.76. The van der Waals surface area contributed by atoms with Gasteiger partial charge in [-0.1, -0.05) is 25.1 Å². The van der Waals surface area contributed by atoms with Gasteiger partial charge in [0.1, 0.15) is 5.82 Å². The average molecular weight is 259 g/mol. The number of aliphatic hydroxyl groups excluding tert-OH is 1. The topological polar surface area (TPSA) is 48.4 Å². The first kappa shape index (κ1) is 13.8. The van der Waals surface area contributed by atoms with Crippen LogP contribution in [0.1, 0.15) is 6.92 Å². The number of nitrogens with zero attached hydrogens (tertiary/aromatic N) is 2. The lowest BCUT2D eigenvalue weighted by atomic mass is 10.2. The fourth-order valence-corrected chi connectivity index (χ4v) is 2.08. The Hall–Kier alpha value is -1.65. The number of rotatable bonds is 7. The van der Waals surface area contributed by atoms with Crippen LogP contribution >= 0.6 is 0 Å². The molecule has 0 saturated carbocycles. The van der Waals surface area contributed by atoms with Gasteiger partial charge in [-0.3, -0.25) is 4.90 Å². The van der Waals surface area contributed by atoms with E-state index in [1.807, 2.05) is 24.3 Å². The highest BCUT2D eigenvalue weighted by Crippen LogP contribution is 2.14. The second kappa shape index (κ2) is 7.07. The number of hydrogen-bond acceptors (Lipinski definition) is 4. The second-order valence-corrected chi connectivity index (χ2v) is 4.47. The zero-order valence-corrected chi connectivity index (χ0v) is 11.3. The molecular formula is C15H21N3O. The van der Waals surface area contributed by atoms with Crippen molar-refractivity contribution in [3.05, 3.63) is 36.4 Å². The summed E-state index contributed by atoms with van der Waals surface area (Å²) in [6.07, 6.45) is 0. The molecule has 0 saturated heterocycles. The summed E-state index contributed by atoms with van der Waals surface area (Å²) < 4.78 is 0. The first-order valence-corrected chi connectivity index (χ1v) is 6.76. The quantitative estimate of drug-likeness (QED) is 0.798. The summed E-state index contributed by atoms with van der Waals surface area (Å²) in [6, 6.07) is 12.2. The van der Waals surface area contributed by atoms with Crippen LogP contribution in [0.15, 0.2) is 36.4 Å². The van der Waals surface area contributed by atoms with Crippen LogP contribution < -0.4 is 5.32 Å². The minimum absolute atomic E-state index is 0.210. The highest BCUT2D eigenvalue weighted by molar-refractivity contribution is 5.79. The molecule has 0 spiro atoms. The zero-order chi connectivity index (χ0) is 13.5. The molecule has 2 aromatic rings. The third-order valence-electron chi connectivity index (χ3n) is 3.20.